The first-order valence-electron chi connectivity index (χ1n) is 6.96. The van der Waals surface area contributed by atoms with E-state index in [1.165, 1.54) is 19.3 Å². The molecule has 2 fully saturated rings. The highest BCUT2D eigenvalue weighted by Crippen LogP contribution is 2.37. The van der Waals surface area contributed by atoms with E-state index in [1.54, 1.807) is 18.2 Å². The second kappa shape index (κ2) is 5.16. The third-order valence-corrected chi connectivity index (χ3v) is 5.13. The molecule has 2 atom stereocenters. The Balaban J connectivity index is 1.81. The van der Waals surface area contributed by atoms with Crippen molar-refractivity contribution in [3.63, 3.8) is 0 Å². The molecule has 0 spiro atoms. The maximum Gasteiger partial charge on any atom is 0.254 e. The van der Waals surface area contributed by atoms with Crippen LogP contribution in [-0.2, 0) is 0 Å². The fourth-order valence-corrected chi connectivity index (χ4v) is 3.72. The second-order valence-corrected chi connectivity index (χ2v) is 6.42. The number of fused-ring (bicyclic) bond motifs is 1. The van der Waals surface area contributed by atoms with Gasteiger partial charge in [0.15, 0.2) is 0 Å². The van der Waals surface area contributed by atoms with Gasteiger partial charge in [-0.1, -0.05) is 12.8 Å². The van der Waals surface area contributed by atoms with Crippen molar-refractivity contribution >= 4 is 21.8 Å². The molecule has 3 rings (SSSR count). The molecule has 1 aromatic carbocycles. The third kappa shape index (κ3) is 2.38. The van der Waals surface area contributed by atoms with Gasteiger partial charge in [-0.05, 0) is 59.3 Å². The Morgan fingerprint density at radius 2 is 2.05 bits per heavy atom. The van der Waals surface area contributed by atoms with E-state index in [0.29, 0.717) is 22.0 Å². The molecule has 1 aromatic rings. The van der Waals surface area contributed by atoms with Gasteiger partial charge in [0.05, 0.1) is 4.47 Å². The number of carbonyl (C=O) groups excluding carboxylic acids is 1. The maximum absolute atomic E-state index is 12.6. The predicted molar refractivity (Wildman–Crippen MR) is 77.2 cm³/mol. The number of phenols is 1. The van der Waals surface area contributed by atoms with Crippen molar-refractivity contribution in [1.82, 2.24) is 4.90 Å². The molecule has 1 amide bonds. The summed E-state index contributed by atoms with van der Waals surface area (Å²) >= 11 is 3.24. The van der Waals surface area contributed by atoms with Gasteiger partial charge in [-0.2, -0.15) is 0 Å². The van der Waals surface area contributed by atoms with Crippen LogP contribution in [0.3, 0.4) is 0 Å². The SMILES string of the molecule is O=C(c1ccc(Br)c(O)c1)N1CCC2CCCCC21. The molecule has 1 N–H and O–H groups in total. The number of benzene rings is 1. The van der Waals surface area contributed by atoms with Crippen LogP contribution in [0.1, 0.15) is 42.5 Å². The van der Waals surface area contributed by atoms with Crippen LogP contribution in [0, 0.1) is 5.92 Å². The van der Waals surface area contributed by atoms with Gasteiger partial charge in [0.1, 0.15) is 5.75 Å². The molecule has 0 bridgehead atoms. The van der Waals surface area contributed by atoms with E-state index in [-0.39, 0.29) is 11.7 Å². The Labute approximate surface area is 121 Å². The molecular formula is C15H18BrNO2. The van der Waals surface area contributed by atoms with Crippen LogP contribution < -0.4 is 0 Å². The Morgan fingerprint density at radius 1 is 1.26 bits per heavy atom. The Bertz CT molecular complexity index is 503. The molecule has 1 saturated carbocycles. The Morgan fingerprint density at radius 3 is 2.84 bits per heavy atom. The van der Waals surface area contributed by atoms with E-state index in [1.807, 2.05) is 4.90 Å². The molecule has 1 aliphatic heterocycles. The number of amides is 1. The van der Waals surface area contributed by atoms with Gasteiger partial charge in [0.2, 0.25) is 0 Å². The molecule has 1 aliphatic carbocycles. The number of halogens is 1. The summed E-state index contributed by atoms with van der Waals surface area (Å²) in [4.78, 5) is 14.6. The Hall–Kier alpha value is -1.03. The van der Waals surface area contributed by atoms with Gasteiger partial charge < -0.3 is 10.0 Å². The monoisotopic (exact) mass is 323 g/mol. The van der Waals surface area contributed by atoms with Crippen molar-refractivity contribution < 1.29 is 9.90 Å². The normalized spacial score (nSPS) is 26.3. The van der Waals surface area contributed by atoms with E-state index in [2.05, 4.69) is 15.9 Å². The number of phenolic OH excluding ortho intramolecular Hbond substituents is 1. The summed E-state index contributed by atoms with van der Waals surface area (Å²) in [6, 6.07) is 5.49. The van der Waals surface area contributed by atoms with Gasteiger partial charge in [0.25, 0.3) is 5.91 Å². The number of nitrogens with zero attached hydrogens (tertiary/aromatic N) is 1. The molecule has 2 aliphatic rings. The molecule has 1 saturated heterocycles. The van der Waals surface area contributed by atoms with Crippen molar-refractivity contribution in [2.24, 2.45) is 5.92 Å². The summed E-state index contributed by atoms with van der Waals surface area (Å²) in [5, 5.41) is 9.71. The summed E-state index contributed by atoms with van der Waals surface area (Å²) < 4.78 is 0.626. The van der Waals surface area contributed by atoms with Crippen LogP contribution >= 0.6 is 15.9 Å². The topological polar surface area (TPSA) is 40.5 Å². The second-order valence-electron chi connectivity index (χ2n) is 5.57. The van der Waals surface area contributed by atoms with E-state index in [0.717, 1.165) is 19.4 Å². The highest BCUT2D eigenvalue weighted by molar-refractivity contribution is 9.10. The lowest BCUT2D eigenvalue weighted by Gasteiger charge is -2.31. The van der Waals surface area contributed by atoms with Crippen molar-refractivity contribution in [3.8, 4) is 5.75 Å². The number of hydrogen-bond donors (Lipinski definition) is 1. The molecule has 3 nitrogen and oxygen atoms in total. The number of likely N-dealkylation sites (tertiary alicyclic amines) is 1. The molecule has 0 aromatic heterocycles. The molecular weight excluding hydrogens is 306 g/mol. The van der Waals surface area contributed by atoms with E-state index >= 15 is 0 Å². The van der Waals surface area contributed by atoms with Crippen LogP contribution in [0.15, 0.2) is 22.7 Å². The van der Waals surface area contributed by atoms with Crippen LogP contribution in [0.25, 0.3) is 0 Å². The smallest absolute Gasteiger partial charge is 0.254 e. The summed E-state index contributed by atoms with van der Waals surface area (Å²) in [5.74, 6) is 0.893. The van der Waals surface area contributed by atoms with Crippen LogP contribution in [0.4, 0.5) is 0 Å². The molecule has 4 heteroatoms. The quantitative estimate of drug-likeness (QED) is 0.858. The van der Waals surface area contributed by atoms with Gasteiger partial charge in [0, 0.05) is 18.2 Å². The minimum Gasteiger partial charge on any atom is -0.507 e. The number of hydrogen-bond acceptors (Lipinski definition) is 2. The zero-order valence-electron chi connectivity index (χ0n) is 10.8. The molecule has 102 valence electrons. The predicted octanol–water partition coefficient (Wildman–Crippen LogP) is 3.56. The average Bonchev–Trinajstić information content (AvgIpc) is 2.85. The highest BCUT2D eigenvalue weighted by Gasteiger charge is 2.38. The van der Waals surface area contributed by atoms with Gasteiger partial charge in [-0.25, -0.2) is 0 Å². The van der Waals surface area contributed by atoms with E-state index in [4.69, 9.17) is 0 Å². The maximum atomic E-state index is 12.6. The molecule has 2 unspecified atom stereocenters. The molecule has 1 heterocycles. The summed E-state index contributed by atoms with van der Waals surface area (Å²) in [6.45, 7) is 0.866. The molecule has 0 radical (unpaired) electrons. The van der Waals surface area contributed by atoms with Crippen molar-refractivity contribution in [1.29, 1.82) is 0 Å². The Kier molecular flexibility index (Phi) is 3.52. The lowest BCUT2D eigenvalue weighted by molar-refractivity contribution is 0.0689. The number of rotatable bonds is 1. The van der Waals surface area contributed by atoms with Crippen LogP contribution in [0.2, 0.25) is 0 Å². The highest BCUT2D eigenvalue weighted by atomic mass is 79.9. The number of carbonyl (C=O) groups is 1. The minimum atomic E-state index is 0.0669. The first-order chi connectivity index (χ1) is 9.16. The molecule has 19 heavy (non-hydrogen) atoms. The fourth-order valence-electron chi connectivity index (χ4n) is 3.47. The van der Waals surface area contributed by atoms with Crippen LogP contribution in [0.5, 0.6) is 5.75 Å². The summed E-state index contributed by atoms with van der Waals surface area (Å²) in [5.41, 5.74) is 0.590. The lowest BCUT2D eigenvalue weighted by atomic mass is 9.85. The first kappa shape index (κ1) is 13.0. The average molecular weight is 324 g/mol. The van der Waals surface area contributed by atoms with Crippen molar-refractivity contribution in [2.75, 3.05) is 6.54 Å². The van der Waals surface area contributed by atoms with Gasteiger partial charge in [-0.15, -0.1) is 0 Å². The number of aromatic hydroxyl groups is 1. The largest absolute Gasteiger partial charge is 0.507 e. The zero-order chi connectivity index (χ0) is 13.4. The van der Waals surface area contributed by atoms with E-state index < -0.39 is 0 Å². The first-order valence-corrected chi connectivity index (χ1v) is 7.75. The minimum absolute atomic E-state index is 0.0669. The van der Waals surface area contributed by atoms with Crippen LogP contribution in [-0.4, -0.2) is 28.5 Å². The van der Waals surface area contributed by atoms with E-state index in [9.17, 15) is 9.90 Å². The summed E-state index contributed by atoms with van der Waals surface area (Å²) in [6.07, 6.45) is 6.08. The third-order valence-electron chi connectivity index (χ3n) is 4.46. The van der Waals surface area contributed by atoms with Gasteiger partial charge in [-0.3, -0.25) is 4.79 Å². The van der Waals surface area contributed by atoms with Gasteiger partial charge >= 0.3 is 0 Å². The standard InChI is InChI=1S/C15H18BrNO2/c16-12-6-5-11(9-14(12)18)15(19)17-8-7-10-3-1-2-4-13(10)17/h5-6,9-10,13,18H,1-4,7-8H2. The lowest BCUT2D eigenvalue weighted by Crippen LogP contribution is -2.39. The summed E-state index contributed by atoms with van der Waals surface area (Å²) in [7, 11) is 0. The van der Waals surface area contributed by atoms with Crippen molar-refractivity contribution in [3.05, 3.63) is 28.2 Å². The fraction of sp³-hybridized carbons (Fsp3) is 0.533. The zero-order valence-corrected chi connectivity index (χ0v) is 12.4. The van der Waals surface area contributed by atoms with Crippen molar-refractivity contribution in [2.45, 2.75) is 38.1 Å².